The average molecular weight is 471 g/mol. The van der Waals surface area contributed by atoms with E-state index in [1.165, 1.54) is 66.2 Å². The number of anilines is 1. The van der Waals surface area contributed by atoms with Crippen molar-refractivity contribution in [3.63, 3.8) is 0 Å². The van der Waals surface area contributed by atoms with Gasteiger partial charge in [0, 0.05) is 30.5 Å². The van der Waals surface area contributed by atoms with Gasteiger partial charge in [-0.2, -0.15) is 0 Å². The van der Waals surface area contributed by atoms with E-state index in [4.69, 9.17) is 14.7 Å². The van der Waals surface area contributed by atoms with Crippen LogP contribution >= 0.6 is 23.1 Å². The van der Waals surface area contributed by atoms with Gasteiger partial charge in [-0.3, -0.25) is 0 Å². The molecule has 3 aromatic heterocycles. The van der Waals surface area contributed by atoms with Gasteiger partial charge in [0.05, 0.1) is 22.4 Å². The van der Waals surface area contributed by atoms with Crippen LogP contribution in [0.5, 0.6) is 0 Å². The Morgan fingerprint density at radius 3 is 2.72 bits per heavy atom. The Balaban J connectivity index is 1.54. The van der Waals surface area contributed by atoms with Gasteiger partial charge in [-0.15, -0.1) is 23.1 Å². The number of rotatable bonds is 8. The molecule has 5 heterocycles. The maximum absolute atomic E-state index is 6.25. The predicted molar refractivity (Wildman–Crippen MR) is 136 cm³/mol. The van der Waals surface area contributed by atoms with Crippen molar-refractivity contribution in [2.45, 2.75) is 89.4 Å². The maximum Gasteiger partial charge on any atom is 0.136 e. The number of hydrogen-bond acceptors (Lipinski definition) is 7. The van der Waals surface area contributed by atoms with Crippen molar-refractivity contribution in [2.75, 3.05) is 23.7 Å². The van der Waals surface area contributed by atoms with Gasteiger partial charge in [-0.25, -0.2) is 15.0 Å². The summed E-state index contributed by atoms with van der Waals surface area (Å²) in [4.78, 5) is 18.2. The lowest BCUT2D eigenvalue weighted by Crippen LogP contribution is -2.33. The first-order valence-electron chi connectivity index (χ1n) is 12.2. The third-order valence-electron chi connectivity index (χ3n) is 6.67. The third-order valence-corrected chi connectivity index (χ3v) is 8.95. The van der Waals surface area contributed by atoms with Gasteiger partial charge in [-0.1, -0.05) is 32.6 Å². The van der Waals surface area contributed by atoms with Crippen LogP contribution in [0.25, 0.3) is 20.4 Å². The molecule has 0 aliphatic carbocycles. The first kappa shape index (κ1) is 22.4. The Bertz CT molecular complexity index is 1100. The van der Waals surface area contributed by atoms with Crippen LogP contribution in [-0.4, -0.2) is 39.4 Å². The summed E-state index contributed by atoms with van der Waals surface area (Å²) in [6, 6.07) is 0. The molecule has 7 heteroatoms. The number of nitrogens with zero attached hydrogens (tertiary/aromatic N) is 4. The highest BCUT2D eigenvalue weighted by Crippen LogP contribution is 2.44. The minimum absolute atomic E-state index is 0.166. The van der Waals surface area contributed by atoms with Crippen molar-refractivity contribution in [2.24, 2.45) is 0 Å². The molecular weight excluding hydrogens is 436 g/mol. The summed E-state index contributed by atoms with van der Waals surface area (Å²) in [6.45, 7) is 9.49. The summed E-state index contributed by atoms with van der Waals surface area (Å²) in [5.74, 6) is 2.26. The summed E-state index contributed by atoms with van der Waals surface area (Å²) in [5.41, 5.74) is 3.60. The lowest BCUT2D eigenvalue weighted by molar-refractivity contribution is -0.0395. The molecule has 0 N–H and O–H groups in total. The second-order valence-corrected chi connectivity index (χ2v) is 11.8. The Morgan fingerprint density at radius 1 is 1.09 bits per heavy atom. The lowest BCUT2D eigenvalue weighted by atomic mass is 9.90. The van der Waals surface area contributed by atoms with Gasteiger partial charge < -0.3 is 9.64 Å². The summed E-state index contributed by atoms with van der Waals surface area (Å²) in [6.07, 6.45) is 11.7. The van der Waals surface area contributed by atoms with Crippen LogP contribution in [0.3, 0.4) is 0 Å². The van der Waals surface area contributed by atoms with E-state index in [1.54, 1.807) is 17.7 Å². The first-order chi connectivity index (χ1) is 15.6. The number of pyridine rings is 1. The van der Waals surface area contributed by atoms with Crippen LogP contribution in [0.2, 0.25) is 0 Å². The van der Waals surface area contributed by atoms with E-state index in [9.17, 15) is 0 Å². The van der Waals surface area contributed by atoms with Crippen LogP contribution in [0.4, 0.5) is 5.82 Å². The molecule has 5 rings (SSSR count). The minimum atomic E-state index is -0.166. The number of thiophene rings is 1. The molecule has 3 aromatic rings. The second-order valence-electron chi connectivity index (χ2n) is 9.71. The van der Waals surface area contributed by atoms with Gasteiger partial charge in [0.15, 0.2) is 0 Å². The quantitative estimate of drug-likeness (QED) is 0.206. The average Bonchev–Trinajstić information content (AvgIpc) is 3.43. The molecular formula is C25H34N4OS2. The molecule has 0 bridgehead atoms. The van der Waals surface area contributed by atoms with Gasteiger partial charge >= 0.3 is 0 Å². The number of fused-ring (bicyclic) bond motifs is 5. The lowest BCUT2D eigenvalue weighted by Gasteiger charge is -2.34. The zero-order valence-electron chi connectivity index (χ0n) is 19.6. The number of ether oxygens (including phenoxy) is 1. The van der Waals surface area contributed by atoms with Crippen molar-refractivity contribution < 1.29 is 4.74 Å². The Kier molecular flexibility index (Phi) is 6.59. The normalized spacial score (nSPS) is 18.0. The maximum atomic E-state index is 6.25. The molecule has 0 atom stereocenters. The molecule has 0 saturated carbocycles. The number of thioether (sulfide) groups is 1. The molecule has 0 amide bonds. The van der Waals surface area contributed by atoms with Gasteiger partial charge in [-0.05, 0) is 44.4 Å². The highest BCUT2D eigenvalue weighted by Gasteiger charge is 2.33. The molecule has 32 heavy (non-hydrogen) atoms. The van der Waals surface area contributed by atoms with E-state index >= 15 is 0 Å². The second kappa shape index (κ2) is 9.43. The Labute approximate surface area is 199 Å². The topological polar surface area (TPSA) is 51.1 Å². The molecule has 1 fully saturated rings. The van der Waals surface area contributed by atoms with E-state index < -0.39 is 0 Å². The third kappa shape index (κ3) is 4.36. The summed E-state index contributed by atoms with van der Waals surface area (Å²) < 4.78 is 7.45. The van der Waals surface area contributed by atoms with E-state index in [2.05, 4.69) is 30.7 Å². The standard InChI is InChI=1S/C25H34N4OS2/c1-4-5-6-7-10-13-31-24-21-20(26-16-27-24)19-17-14-25(2,3)30-15-18(17)22(28-23(19)32-21)29-11-8-9-12-29/h16H,4-15H2,1-3H3. The fourth-order valence-corrected chi connectivity index (χ4v) is 7.17. The van der Waals surface area contributed by atoms with Crippen molar-refractivity contribution in [3.8, 4) is 0 Å². The molecule has 2 aliphatic rings. The van der Waals surface area contributed by atoms with Gasteiger partial charge in [0.25, 0.3) is 0 Å². The number of hydrogen-bond donors (Lipinski definition) is 0. The van der Waals surface area contributed by atoms with E-state index in [0.717, 1.165) is 46.5 Å². The minimum Gasteiger partial charge on any atom is -0.370 e. The summed E-state index contributed by atoms with van der Waals surface area (Å²) >= 11 is 3.67. The first-order valence-corrected chi connectivity index (χ1v) is 14.0. The molecule has 0 aromatic carbocycles. The van der Waals surface area contributed by atoms with Crippen LogP contribution in [0, 0.1) is 0 Å². The summed E-state index contributed by atoms with van der Waals surface area (Å²) in [5, 5.41) is 2.36. The highest BCUT2D eigenvalue weighted by molar-refractivity contribution is 7.99. The SMILES string of the molecule is CCCCCCCSc1ncnc2c1sc1nc(N3CCCC3)c3c(c12)CC(C)(C)OC3. The van der Waals surface area contributed by atoms with Crippen molar-refractivity contribution in [1.29, 1.82) is 0 Å². The molecule has 1 saturated heterocycles. The van der Waals surface area contributed by atoms with Crippen molar-refractivity contribution >= 4 is 49.3 Å². The monoisotopic (exact) mass is 470 g/mol. The molecule has 0 unspecified atom stereocenters. The Morgan fingerprint density at radius 2 is 1.91 bits per heavy atom. The van der Waals surface area contributed by atoms with Crippen molar-refractivity contribution in [1.82, 2.24) is 15.0 Å². The van der Waals surface area contributed by atoms with Gasteiger partial charge in [0.2, 0.25) is 0 Å². The number of unbranched alkanes of at least 4 members (excludes halogenated alkanes) is 4. The predicted octanol–water partition coefficient (Wildman–Crippen LogP) is 6.75. The largest absolute Gasteiger partial charge is 0.370 e. The molecule has 0 radical (unpaired) electrons. The van der Waals surface area contributed by atoms with Crippen LogP contribution in [0.1, 0.15) is 76.8 Å². The molecule has 2 aliphatic heterocycles. The number of aromatic nitrogens is 3. The van der Waals surface area contributed by atoms with Crippen molar-refractivity contribution in [3.05, 3.63) is 17.5 Å². The zero-order valence-corrected chi connectivity index (χ0v) is 21.2. The van der Waals surface area contributed by atoms with Crippen LogP contribution < -0.4 is 4.90 Å². The molecule has 5 nitrogen and oxygen atoms in total. The van der Waals surface area contributed by atoms with E-state index in [0.29, 0.717) is 6.61 Å². The fourth-order valence-electron chi connectivity index (χ4n) is 4.94. The van der Waals surface area contributed by atoms with E-state index in [1.807, 2.05) is 11.8 Å². The van der Waals surface area contributed by atoms with Gasteiger partial charge in [0.1, 0.15) is 22.0 Å². The van der Waals surface area contributed by atoms with E-state index in [-0.39, 0.29) is 5.60 Å². The molecule has 172 valence electrons. The molecule has 0 spiro atoms. The highest BCUT2D eigenvalue weighted by atomic mass is 32.2. The fraction of sp³-hybridized carbons (Fsp3) is 0.640. The van der Waals surface area contributed by atoms with Crippen LogP contribution in [0.15, 0.2) is 11.4 Å². The Hall–Kier alpha value is -1.44. The smallest absolute Gasteiger partial charge is 0.136 e. The van der Waals surface area contributed by atoms with Crippen LogP contribution in [-0.2, 0) is 17.8 Å². The summed E-state index contributed by atoms with van der Waals surface area (Å²) in [7, 11) is 0. The zero-order chi connectivity index (χ0) is 22.1.